The van der Waals surface area contributed by atoms with E-state index in [9.17, 15) is 8.42 Å². The van der Waals surface area contributed by atoms with Gasteiger partial charge in [-0.05, 0) is 31.5 Å². The maximum atomic E-state index is 11.7. The lowest BCUT2D eigenvalue weighted by Crippen LogP contribution is -2.29. The van der Waals surface area contributed by atoms with Gasteiger partial charge in [-0.15, -0.1) is 0 Å². The van der Waals surface area contributed by atoms with E-state index >= 15 is 0 Å². The number of benzene rings is 1. The first-order chi connectivity index (χ1) is 8.27. The van der Waals surface area contributed by atoms with Crippen LogP contribution in [0.3, 0.4) is 0 Å². The summed E-state index contributed by atoms with van der Waals surface area (Å²) in [6, 6.07) is 3.25. The molecule has 0 bridgehead atoms. The molecule has 1 aromatic carbocycles. The maximum absolute atomic E-state index is 11.7. The van der Waals surface area contributed by atoms with Crippen molar-refractivity contribution in [3.8, 4) is 5.75 Å². The minimum absolute atomic E-state index is 0.374. The second-order valence-electron chi connectivity index (χ2n) is 3.92. The lowest BCUT2D eigenvalue weighted by atomic mass is 10.2. The number of hydrogen-bond acceptors (Lipinski definition) is 3. The van der Waals surface area contributed by atoms with Crippen molar-refractivity contribution in [1.82, 2.24) is 4.31 Å². The Hall–Kier alpha value is -0.980. The van der Waals surface area contributed by atoms with Gasteiger partial charge in [-0.1, -0.05) is 11.6 Å². The minimum Gasteiger partial charge on any atom is -0.492 e. The Morgan fingerprint density at radius 2 is 2.00 bits per heavy atom. The van der Waals surface area contributed by atoms with Gasteiger partial charge in [0.25, 0.3) is 0 Å². The summed E-state index contributed by atoms with van der Waals surface area (Å²) in [5, 5.41) is 0.374. The summed E-state index contributed by atoms with van der Waals surface area (Å²) in [7, 11) is -0.627. The van der Waals surface area contributed by atoms with Gasteiger partial charge in [0, 0.05) is 14.1 Å². The molecule has 0 aliphatic rings. The number of anilines is 1. The van der Waals surface area contributed by atoms with Crippen LogP contribution in [-0.4, -0.2) is 33.4 Å². The first-order valence-corrected chi connectivity index (χ1v) is 7.23. The Balaban J connectivity index is 3.09. The monoisotopic (exact) mass is 292 g/mol. The Morgan fingerprint density at radius 1 is 1.39 bits per heavy atom. The van der Waals surface area contributed by atoms with Crippen molar-refractivity contribution in [2.75, 3.05) is 25.4 Å². The van der Waals surface area contributed by atoms with Gasteiger partial charge in [-0.3, -0.25) is 4.72 Å². The predicted octanol–water partition coefficient (Wildman–Crippen LogP) is 2.27. The molecule has 18 heavy (non-hydrogen) atoms. The highest BCUT2D eigenvalue weighted by Crippen LogP contribution is 2.31. The van der Waals surface area contributed by atoms with E-state index in [0.29, 0.717) is 23.1 Å². The van der Waals surface area contributed by atoms with Crippen LogP contribution in [0.5, 0.6) is 5.75 Å². The van der Waals surface area contributed by atoms with E-state index in [-0.39, 0.29) is 0 Å². The highest BCUT2D eigenvalue weighted by Gasteiger charge is 2.16. The third-order valence-electron chi connectivity index (χ3n) is 2.30. The van der Waals surface area contributed by atoms with Crippen LogP contribution in [0.1, 0.15) is 12.5 Å². The van der Waals surface area contributed by atoms with Gasteiger partial charge in [-0.2, -0.15) is 12.7 Å². The molecule has 0 aliphatic carbocycles. The van der Waals surface area contributed by atoms with Crippen LogP contribution < -0.4 is 9.46 Å². The van der Waals surface area contributed by atoms with Crippen LogP contribution in [0.4, 0.5) is 5.69 Å². The smallest absolute Gasteiger partial charge is 0.301 e. The molecular weight excluding hydrogens is 276 g/mol. The molecule has 5 nitrogen and oxygen atoms in total. The molecule has 1 N–H and O–H groups in total. The zero-order chi connectivity index (χ0) is 13.9. The molecule has 1 rings (SSSR count). The van der Waals surface area contributed by atoms with Crippen molar-refractivity contribution in [3.63, 3.8) is 0 Å². The largest absolute Gasteiger partial charge is 0.492 e. The third kappa shape index (κ3) is 3.51. The summed E-state index contributed by atoms with van der Waals surface area (Å²) < 4.78 is 32.3. The molecule has 102 valence electrons. The third-order valence-corrected chi connectivity index (χ3v) is 4.03. The van der Waals surface area contributed by atoms with E-state index in [4.69, 9.17) is 16.3 Å². The zero-order valence-electron chi connectivity index (χ0n) is 10.8. The predicted molar refractivity (Wildman–Crippen MR) is 73.6 cm³/mol. The summed E-state index contributed by atoms with van der Waals surface area (Å²) in [5.74, 6) is 0.546. The van der Waals surface area contributed by atoms with Crippen molar-refractivity contribution in [3.05, 3.63) is 22.7 Å². The standard InChI is InChI=1S/C11H17ClN2O3S/c1-5-17-11-6-8(2)10(7-9(11)12)13-18(15,16)14(3)4/h6-7,13H,5H2,1-4H3. The van der Waals surface area contributed by atoms with Crippen LogP contribution in [0.2, 0.25) is 5.02 Å². The molecule has 0 fully saturated rings. The quantitative estimate of drug-likeness (QED) is 0.906. The summed E-state index contributed by atoms with van der Waals surface area (Å²) in [5.41, 5.74) is 1.19. The molecule has 0 radical (unpaired) electrons. The average molecular weight is 293 g/mol. The fraction of sp³-hybridized carbons (Fsp3) is 0.455. The Labute approximate surface area is 113 Å². The van der Waals surface area contributed by atoms with Crippen molar-refractivity contribution < 1.29 is 13.2 Å². The number of hydrogen-bond donors (Lipinski definition) is 1. The van der Waals surface area contributed by atoms with Crippen molar-refractivity contribution in [2.45, 2.75) is 13.8 Å². The molecule has 0 atom stereocenters. The second kappa shape index (κ2) is 5.77. The van der Waals surface area contributed by atoms with Gasteiger partial charge < -0.3 is 4.74 Å². The molecule has 1 aromatic rings. The van der Waals surface area contributed by atoms with Gasteiger partial charge in [0.05, 0.1) is 17.3 Å². The molecule has 0 amide bonds. The Morgan fingerprint density at radius 3 is 2.50 bits per heavy atom. The zero-order valence-corrected chi connectivity index (χ0v) is 12.4. The topological polar surface area (TPSA) is 58.6 Å². The van der Waals surface area contributed by atoms with Gasteiger partial charge in [0.15, 0.2) is 0 Å². The highest BCUT2D eigenvalue weighted by molar-refractivity contribution is 7.90. The number of rotatable bonds is 5. The van der Waals surface area contributed by atoms with Crippen LogP contribution in [0.15, 0.2) is 12.1 Å². The van der Waals surface area contributed by atoms with Crippen molar-refractivity contribution in [2.24, 2.45) is 0 Å². The number of halogens is 1. The number of ether oxygens (including phenoxy) is 1. The lowest BCUT2D eigenvalue weighted by Gasteiger charge is -2.16. The number of nitrogens with one attached hydrogen (secondary N) is 1. The van der Waals surface area contributed by atoms with Crippen LogP contribution in [0.25, 0.3) is 0 Å². The normalized spacial score (nSPS) is 11.7. The Kier molecular flexibility index (Phi) is 4.84. The fourth-order valence-electron chi connectivity index (χ4n) is 1.26. The van der Waals surface area contributed by atoms with Gasteiger partial charge in [0.1, 0.15) is 5.75 Å². The molecule has 0 saturated heterocycles. The first-order valence-electron chi connectivity index (χ1n) is 5.41. The molecule has 0 heterocycles. The molecule has 0 aromatic heterocycles. The highest BCUT2D eigenvalue weighted by atomic mass is 35.5. The summed E-state index contributed by atoms with van der Waals surface area (Å²) in [6.45, 7) is 4.14. The maximum Gasteiger partial charge on any atom is 0.301 e. The molecule has 0 spiro atoms. The van der Waals surface area contributed by atoms with E-state index in [1.54, 1.807) is 19.1 Å². The summed E-state index contributed by atoms with van der Waals surface area (Å²) >= 11 is 6.02. The van der Waals surface area contributed by atoms with Gasteiger partial charge in [0.2, 0.25) is 0 Å². The Bertz CT molecular complexity index is 529. The molecule has 0 aliphatic heterocycles. The lowest BCUT2D eigenvalue weighted by molar-refractivity contribution is 0.340. The first kappa shape index (κ1) is 15.1. The number of nitrogens with zero attached hydrogens (tertiary/aromatic N) is 1. The van der Waals surface area contributed by atoms with E-state index in [2.05, 4.69) is 4.72 Å². The SMILES string of the molecule is CCOc1cc(C)c(NS(=O)(=O)N(C)C)cc1Cl. The van der Waals surface area contributed by atoms with Crippen LogP contribution in [-0.2, 0) is 10.2 Å². The van der Waals surface area contributed by atoms with Gasteiger partial charge in [-0.25, -0.2) is 0 Å². The molecule has 0 unspecified atom stereocenters. The molecular formula is C11H17ClN2O3S. The van der Waals surface area contributed by atoms with E-state index in [0.717, 1.165) is 9.87 Å². The fourth-order valence-corrected chi connectivity index (χ4v) is 2.16. The summed E-state index contributed by atoms with van der Waals surface area (Å²) in [6.07, 6.45) is 0. The second-order valence-corrected chi connectivity index (χ2v) is 6.21. The molecule has 0 saturated carbocycles. The minimum atomic E-state index is -3.53. The van der Waals surface area contributed by atoms with E-state index < -0.39 is 10.2 Å². The van der Waals surface area contributed by atoms with Crippen molar-refractivity contribution in [1.29, 1.82) is 0 Å². The van der Waals surface area contributed by atoms with Crippen molar-refractivity contribution >= 4 is 27.5 Å². The van der Waals surface area contributed by atoms with Gasteiger partial charge >= 0.3 is 10.2 Å². The van der Waals surface area contributed by atoms with Crippen LogP contribution >= 0.6 is 11.6 Å². The molecule has 7 heteroatoms. The summed E-state index contributed by atoms with van der Waals surface area (Å²) in [4.78, 5) is 0. The van der Waals surface area contributed by atoms with E-state index in [1.807, 2.05) is 6.92 Å². The van der Waals surface area contributed by atoms with E-state index in [1.165, 1.54) is 14.1 Å². The van der Waals surface area contributed by atoms with Crippen LogP contribution in [0, 0.1) is 6.92 Å². The number of aryl methyl sites for hydroxylation is 1. The average Bonchev–Trinajstić information content (AvgIpc) is 2.25.